The molecule has 95 heavy (non-hydrogen) atoms. The Balaban J connectivity index is 1.63. The summed E-state index contributed by atoms with van der Waals surface area (Å²) in [5, 5.41) is 11.8. The highest BCUT2D eigenvalue weighted by atomic mass is 127. The van der Waals surface area contributed by atoms with Gasteiger partial charge in [-0.15, -0.1) is 0 Å². The predicted molar refractivity (Wildman–Crippen MR) is 370 cm³/mol. The molecule has 26 heteroatoms. The summed E-state index contributed by atoms with van der Waals surface area (Å²) < 4.78 is 0.839. The Morgan fingerprint density at radius 2 is 1.08 bits per heavy atom. The van der Waals surface area contributed by atoms with Crippen molar-refractivity contribution in [3.63, 3.8) is 0 Å². The second-order valence-corrected chi connectivity index (χ2v) is 27.9. The van der Waals surface area contributed by atoms with Gasteiger partial charge < -0.3 is 60.5 Å². The Morgan fingerprint density at radius 1 is 0.526 bits per heavy atom. The molecule has 0 aromatic heterocycles. The van der Waals surface area contributed by atoms with Gasteiger partial charge in [-0.05, 0) is 114 Å². The maximum atomic E-state index is 15.5. The van der Waals surface area contributed by atoms with Gasteiger partial charge in [-0.25, -0.2) is 0 Å². The summed E-state index contributed by atoms with van der Waals surface area (Å²) >= 11 is 8.37. The molecule has 0 spiro atoms. The van der Waals surface area contributed by atoms with Crippen LogP contribution < -0.4 is 21.3 Å². The molecule has 2 heterocycles. The summed E-state index contributed by atoms with van der Waals surface area (Å²) in [5.74, 6) is -9.09. The molecule has 0 radical (unpaired) electrons. The van der Waals surface area contributed by atoms with E-state index < -0.39 is 151 Å². The molecule has 12 amide bonds. The fourth-order valence-corrected chi connectivity index (χ4v) is 12.2. The summed E-state index contributed by atoms with van der Waals surface area (Å²) in [7, 11) is 9.75. The number of benzene rings is 3. The number of carbonyl (C=O) groups excluding carboxylic acids is 12. The van der Waals surface area contributed by atoms with E-state index in [1.54, 1.807) is 78.6 Å². The van der Waals surface area contributed by atoms with E-state index in [0.717, 1.165) is 23.2 Å². The summed E-state index contributed by atoms with van der Waals surface area (Å²) in [5.41, 5.74) is 1.93. The largest absolute Gasteiger partial charge is 0.342 e. The molecule has 0 aliphatic carbocycles. The number of nitrogens with one attached hydrogen (secondary N) is 4. The van der Waals surface area contributed by atoms with E-state index in [2.05, 4.69) is 43.9 Å². The maximum Gasteiger partial charge on any atom is 0.246 e. The van der Waals surface area contributed by atoms with Crippen molar-refractivity contribution in [3.05, 3.63) is 104 Å². The van der Waals surface area contributed by atoms with E-state index in [9.17, 15) is 43.2 Å². The molecular formula is C69H98ClIN12O12. The second-order valence-electron chi connectivity index (χ2n) is 26.2. The zero-order valence-corrected chi connectivity index (χ0v) is 60.4. The minimum absolute atomic E-state index is 0.0327. The molecule has 2 fully saturated rings. The molecule has 24 nitrogen and oxygen atoms in total. The van der Waals surface area contributed by atoms with Gasteiger partial charge in [0.25, 0.3) is 0 Å². The number of hydrogen-bond donors (Lipinski definition) is 4. The lowest BCUT2D eigenvalue weighted by molar-refractivity contribution is -0.150. The van der Waals surface area contributed by atoms with Gasteiger partial charge >= 0.3 is 0 Å². The molecule has 2 saturated heterocycles. The number of carbonyl (C=O) groups is 12. The van der Waals surface area contributed by atoms with E-state index in [4.69, 9.17) is 11.6 Å². The molecule has 3 aromatic rings. The van der Waals surface area contributed by atoms with Crippen LogP contribution in [0.2, 0.25) is 5.02 Å². The first-order chi connectivity index (χ1) is 44.7. The molecule has 0 unspecified atom stereocenters. The highest BCUT2D eigenvalue weighted by Crippen LogP contribution is 2.23. The zero-order chi connectivity index (χ0) is 70.7. The number of likely N-dealkylation sites (tertiary alicyclic amines) is 1. The van der Waals surface area contributed by atoms with Crippen molar-refractivity contribution >= 4 is 105 Å². The number of amides is 12. The first kappa shape index (κ1) is 78.0. The summed E-state index contributed by atoms with van der Waals surface area (Å²) in [6.45, 7) is 11.5. The Hall–Kier alpha value is -7.68. The molecule has 2 aliphatic rings. The Bertz CT molecular complexity index is 3210. The highest BCUT2D eigenvalue weighted by molar-refractivity contribution is 14.1. The topological polar surface area (TPSA) is 279 Å². The van der Waals surface area contributed by atoms with Crippen molar-refractivity contribution < 1.29 is 57.5 Å². The highest BCUT2D eigenvalue weighted by Gasteiger charge is 2.42. The van der Waals surface area contributed by atoms with E-state index in [0.29, 0.717) is 54.1 Å². The quantitative estimate of drug-likeness (QED) is 0.178. The minimum atomic E-state index is -1.45. The summed E-state index contributed by atoms with van der Waals surface area (Å²) in [6.07, 6.45) is 1.22. The molecule has 3 aromatic carbocycles. The van der Waals surface area contributed by atoms with Gasteiger partial charge in [-0.1, -0.05) is 114 Å². The van der Waals surface area contributed by atoms with Crippen molar-refractivity contribution in [2.75, 3.05) is 82.1 Å². The van der Waals surface area contributed by atoms with Gasteiger partial charge in [0, 0.05) is 90.3 Å². The number of halogens is 2. The smallest absolute Gasteiger partial charge is 0.246 e. The minimum Gasteiger partial charge on any atom is -0.342 e. The second kappa shape index (κ2) is 36.4. The third-order valence-corrected chi connectivity index (χ3v) is 18.7. The molecule has 4 N–H and O–H groups in total. The molecule has 2 aliphatic heterocycles. The van der Waals surface area contributed by atoms with Crippen molar-refractivity contribution in [1.29, 1.82) is 0 Å². The van der Waals surface area contributed by atoms with Gasteiger partial charge in [0.2, 0.25) is 70.9 Å². The van der Waals surface area contributed by atoms with E-state index >= 15 is 14.4 Å². The normalized spacial score (nSPS) is 23.9. The molecule has 0 saturated carbocycles. The van der Waals surface area contributed by atoms with Crippen molar-refractivity contribution in [2.45, 2.75) is 155 Å². The monoisotopic (exact) mass is 1450 g/mol. The van der Waals surface area contributed by atoms with Crippen LogP contribution in [0.3, 0.4) is 0 Å². The van der Waals surface area contributed by atoms with Crippen LogP contribution in [-0.4, -0.2) is 240 Å². The Kier molecular flexibility index (Phi) is 29.9. The van der Waals surface area contributed by atoms with Gasteiger partial charge in [-0.2, -0.15) is 0 Å². The molecule has 520 valence electrons. The van der Waals surface area contributed by atoms with Crippen molar-refractivity contribution in [1.82, 2.24) is 60.5 Å². The Labute approximate surface area is 578 Å². The number of hydrogen-bond acceptors (Lipinski definition) is 12. The van der Waals surface area contributed by atoms with E-state index in [1.165, 1.54) is 71.0 Å². The van der Waals surface area contributed by atoms with E-state index in [-0.39, 0.29) is 43.9 Å². The summed E-state index contributed by atoms with van der Waals surface area (Å²) in [6, 6.07) is 12.5. The number of rotatable bonds is 13. The van der Waals surface area contributed by atoms with Gasteiger partial charge in [-0.3, -0.25) is 57.5 Å². The molecule has 9 atom stereocenters. The third kappa shape index (κ3) is 22.5. The van der Waals surface area contributed by atoms with Crippen LogP contribution in [0, 0.1) is 21.3 Å². The average molecular weight is 1450 g/mol. The van der Waals surface area contributed by atoms with Crippen LogP contribution in [0.5, 0.6) is 0 Å². The number of likely N-dealkylation sites (N-methyl/N-ethyl adjacent to an activating group) is 7. The lowest BCUT2D eigenvalue weighted by Gasteiger charge is -2.37. The van der Waals surface area contributed by atoms with Crippen LogP contribution >= 0.6 is 34.2 Å². The van der Waals surface area contributed by atoms with Crippen LogP contribution in [0.4, 0.5) is 0 Å². The SMILES string of the molecule is CC[C@H](C)[C@@H]1NC(=O)[C@H](C)N(C)C(=O)C[C@H](C(=O)N2CCCC2)NC(=O)[C@H](CC(C)C)N(C)C(=O)[C@H](Cc2ccccc2)N(C)C(=O)[C@H](CC(C)C)NC(=O)[C@H](Cc2cccc(I)c2)NC(=O)CN(C)C(=O)[C@H](Cc2ccc(Cl)cc2)N(C)C(=O)CN(C)C(=O)CN(C)C1=O. The van der Waals surface area contributed by atoms with Gasteiger partial charge in [0.15, 0.2) is 0 Å². The van der Waals surface area contributed by atoms with Crippen LogP contribution in [0.15, 0.2) is 78.9 Å². The van der Waals surface area contributed by atoms with Crippen molar-refractivity contribution in [2.24, 2.45) is 17.8 Å². The Morgan fingerprint density at radius 3 is 1.67 bits per heavy atom. The molecule has 0 bridgehead atoms. The zero-order valence-electron chi connectivity index (χ0n) is 57.5. The first-order valence-corrected chi connectivity index (χ1v) is 34.0. The van der Waals surface area contributed by atoms with Crippen LogP contribution in [0.25, 0.3) is 0 Å². The van der Waals surface area contributed by atoms with Gasteiger partial charge in [0.05, 0.1) is 26.1 Å². The third-order valence-electron chi connectivity index (χ3n) is 17.8. The lowest BCUT2D eigenvalue weighted by Crippen LogP contribution is -2.61. The summed E-state index contributed by atoms with van der Waals surface area (Å²) in [4.78, 5) is 185. The molecule has 5 rings (SSSR count). The van der Waals surface area contributed by atoms with Crippen LogP contribution in [-0.2, 0) is 76.8 Å². The fraction of sp³-hybridized carbons (Fsp3) is 0.565. The van der Waals surface area contributed by atoms with Gasteiger partial charge in [0.1, 0.15) is 48.3 Å². The predicted octanol–water partition coefficient (Wildman–Crippen LogP) is 3.78. The average Bonchev–Trinajstić information content (AvgIpc) is 1.06. The first-order valence-electron chi connectivity index (χ1n) is 32.5. The fourth-order valence-electron chi connectivity index (χ4n) is 11.5. The van der Waals surface area contributed by atoms with Crippen molar-refractivity contribution in [3.8, 4) is 0 Å². The standard InChI is InChI=1S/C69H98ClIN12O12/c1-15-44(6)61-69(95)78(10)40-59(86)76(8)41-60(87)80(12)55(37-47-26-28-49(70)29-27-47)67(93)77(9)39-57(84)72-51(35-48-24-21-25-50(71)34-48)63(89)73-52(32-42(2)3)65(91)82(14)56(36-46-22-17-16-18-23-46)68(94)81(13)54(33-43(4)5)64(90)74-53(66(92)83-30-19-20-31-83)38-58(85)79(11)45(7)62(88)75-61/h16-18,21-29,34,42-45,51-56,61H,15,19-20,30-33,35-41H2,1-14H3,(H,72,84)(H,73,89)(H,74,90)(H,75,88)/t44-,45-,51-,52-,53+,54-,55-,56-,61-/m0/s1. The van der Waals surface area contributed by atoms with Crippen LogP contribution in [0.1, 0.15) is 104 Å². The lowest BCUT2D eigenvalue weighted by atomic mass is 9.97. The van der Waals surface area contributed by atoms with E-state index in [1.807, 2.05) is 46.8 Å². The maximum absolute atomic E-state index is 15.5. The number of nitrogens with zero attached hydrogens (tertiary/aromatic N) is 8. The molecular weight excluding hydrogens is 1350 g/mol.